The average molecular weight is 357 g/mol. The van der Waals surface area contributed by atoms with Crippen molar-refractivity contribution in [2.75, 3.05) is 7.11 Å². The van der Waals surface area contributed by atoms with E-state index in [2.05, 4.69) is 15.2 Å². The van der Waals surface area contributed by atoms with Crippen LogP contribution < -0.4 is 4.74 Å². The number of carbonyl (C=O) groups is 1. The molecule has 2 aromatic heterocycles. The van der Waals surface area contributed by atoms with Gasteiger partial charge in [0.15, 0.2) is 0 Å². The van der Waals surface area contributed by atoms with Gasteiger partial charge in [0.25, 0.3) is 0 Å². The summed E-state index contributed by atoms with van der Waals surface area (Å²) in [6.45, 7) is 1.62. The standard InChI is InChI=1S/C18H16FN3O4/c1-10-21-22-18(26-10)13(7-16(23)24)11-6-12(9-20-8-11)17-14(19)4-3-5-15(17)25-2/h3-6,8-9,13H,7H2,1-2H3,(H,23,24). The third-order valence-electron chi connectivity index (χ3n) is 3.86. The van der Waals surface area contributed by atoms with E-state index in [4.69, 9.17) is 9.15 Å². The molecule has 0 fully saturated rings. The quantitative estimate of drug-likeness (QED) is 0.723. The van der Waals surface area contributed by atoms with E-state index in [1.165, 1.54) is 25.6 Å². The molecule has 0 radical (unpaired) electrons. The minimum atomic E-state index is -1.03. The summed E-state index contributed by atoms with van der Waals surface area (Å²) in [5.41, 5.74) is 1.24. The summed E-state index contributed by atoms with van der Waals surface area (Å²) in [6, 6.07) is 6.16. The van der Waals surface area contributed by atoms with Gasteiger partial charge < -0.3 is 14.3 Å². The Labute approximate surface area is 148 Å². The third kappa shape index (κ3) is 3.53. The van der Waals surface area contributed by atoms with Crippen molar-refractivity contribution in [3.63, 3.8) is 0 Å². The molecule has 1 aromatic carbocycles. The van der Waals surface area contributed by atoms with Crippen LogP contribution in [0.25, 0.3) is 11.1 Å². The van der Waals surface area contributed by atoms with Crippen molar-refractivity contribution in [1.82, 2.24) is 15.2 Å². The molecule has 0 amide bonds. The monoisotopic (exact) mass is 357 g/mol. The number of hydrogen-bond donors (Lipinski definition) is 1. The van der Waals surface area contributed by atoms with Crippen LogP contribution in [0.5, 0.6) is 5.75 Å². The zero-order chi connectivity index (χ0) is 18.7. The van der Waals surface area contributed by atoms with Crippen LogP contribution in [0.4, 0.5) is 4.39 Å². The number of aromatic nitrogens is 3. The number of hydrogen-bond acceptors (Lipinski definition) is 6. The number of rotatable bonds is 6. The summed E-state index contributed by atoms with van der Waals surface area (Å²) in [5.74, 6) is -1.34. The van der Waals surface area contributed by atoms with Crippen LogP contribution in [0, 0.1) is 12.7 Å². The van der Waals surface area contributed by atoms with Crippen LogP contribution >= 0.6 is 0 Å². The van der Waals surface area contributed by atoms with Gasteiger partial charge in [-0.25, -0.2) is 4.39 Å². The van der Waals surface area contributed by atoms with Gasteiger partial charge >= 0.3 is 5.97 Å². The molecule has 0 saturated carbocycles. The zero-order valence-corrected chi connectivity index (χ0v) is 14.1. The predicted molar refractivity (Wildman–Crippen MR) is 89.3 cm³/mol. The molecule has 26 heavy (non-hydrogen) atoms. The maximum atomic E-state index is 14.3. The number of aliphatic carboxylic acids is 1. The molecule has 1 N–H and O–H groups in total. The Morgan fingerprint density at radius 1 is 1.35 bits per heavy atom. The van der Waals surface area contributed by atoms with Crippen molar-refractivity contribution in [3.8, 4) is 16.9 Å². The van der Waals surface area contributed by atoms with Crippen molar-refractivity contribution in [1.29, 1.82) is 0 Å². The Bertz CT molecular complexity index is 942. The smallest absolute Gasteiger partial charge is 0.304 e. The minimum Gasteiger partial charge on any atom is -0.496 e. The average Bonchev–Trinajstić information content (AvgIpc) is 3.05. The number of carboxylic acids is 1. The number of nitrogens with zero attached hydrogens (tertiary/aromatic N) is 3. The maximum absolute atomic E-state index is 14.3. The number of carboxylic acid groups (broad SMARTS) is 1. The van der Waals surface area contributed by atoms with Crippen molar-refractivity contribution in [2.45, 2.75) is 19.3 Å². The lowest BCUT2D eigenvalue weighted by molar-refractivity contribution is -0.137. The van der Waals surface area contributed by atoms with E-state index in [0.717, 1.165) is 0 Å². The second-order valence-corrected chi connectivity index (χ2v) is 5.63. The van der Waals surface area contributed by atoms with Gasteiger partial charge in [-0.2, -0.15) is 0 Å². The molecule has 134 valence electrons. The molecule has 0 aliphatic carbocycles. The Morgan fingerprint density at radius 2 is 2.15 bits per heavy atom. The second kappa shape index (κ2) is 7.30. The molecule has 3 aromatic rings. The summed E-state index contributed by atoms with van der Waals surface area (Å²) in [6.07, 6.45) is 2.73. The van der Waals surface area contributed by atoms with Crippen LogP contribution in [0.1, 0.15) is 29.7 Å². The lowest BCUT2D eigenvalue weighted by Crippen LogP contribution is -2.09. The molecular weight excluding hydrogens is 341 g/mol. The first-order valence-electron chi connectivity index (χ1n) is 7.79. The zero-order valence-electron chi connectivity index (χ0n) is 14.1. The van der Waals surface area contributed by atoms with Crippen molar-refractivity contribution >= 4 is 5.97 Å². The van der Waals surface area contributed by atoms with Crippen molar-refractivity contribution in [2.24, 2.45) is 0 Å². The van der Waals surface area contributed by atoms with Gasteiger partial charge in [0.2, 0.25) is 11.8 Å². The summed E-state index contributed by atoms with van der Waals surface area (Å²) < 4.78 is 25.0. The molecule has 0 bridgehead atoms. The highest BCUT2D eigenvalue weighted by Crippen LogP contribution is 2.35. The Hall–Kier alpha value is -3.29. The number of pyridine rings is 1. The second-order valence-electron chi connectivity index (χ2n) is 5.63. The number of methoxy groups -OCH3 is 1. The molecule has 0 spiro atoms. The van der Waals surface area contributed by atoms with E-state index < -0.39 is 17.7 Å². The van der Waals surface area contributed by atoms with Gasteiger partial charge in [-0.1, -0.05) is 6.07 Å². The van der Waals surface area contributed by atoms with E-state index in [1.54, 1.807) is 25.1 Å². The fourth-order valence-corrected chi connectivity index (χ4v) is 2.71. The van der Waals surface area contributed by atoms with Crippen LogP contribution in [0.3, 0.4) is 0 Å². The van der Waals surface area contributed by atoms with E-state index in [-0.39, 0.29) is 17.9 Å². The number of benzene rings is 1. The summed E-state index contributed by atoms with van der Waals surface area (Å²) in [4.78, 5) is 15.4. The molecule has 3 rings (SSSR count). The van der Waals surface area contributed by atoms with E-state index in [1.807, 2.05) is 0 Å². The molecule has 0 aliphatic heterocycles. The molecule has 2 heterocycles. The Balaban J connectivity index is 2.09. The maximum Gasteiger partial charge on any atom is 0.304 e. The number of aryl methyl sites for hydroxylation is 1. The van der Waals surface area contributed by atoms with Crippen LogP contribution in [0.2, 0.25) is 0 Å². The topological polar surface area (TPSA) is 98.3 Å². The Kier molecular flexibility index (Phi) is 4.92. The van der Waals surface area contributed by atoms with E-state index in [0.29, 0.717) is 22.8 Å². The van der Waals surface area contributed by atoms with E-state index in [9.17, 15) is 14.3 Å². The third-order valence-corrected chi connectivity index (χ3v) is 3.86. The highest BCUT2D eigenvalue weighted by molar-refractivity contribution is 5.72. The van der Waals surface area contributed by atoms with Gasteiger partial charge in [0, 0.05) is 24.9 Å². The first kappa shape index (κ1) is 17.5. The SMILES string of the molecule is COc1cccc(F)c1-c1cncc(C(CC(=O)O)c2nnc(C)o2)c1. The molecular formula is C18H16FN3O4. The first-order chi connectivity index (χ1) is 12.5. The molecule has 0 saturated heterocycles. The van der Waals surface area contributed by atoms with Crippen LogP contribution in [-0.2, 0) is 4.79 Å². The van der Waals surface area contributed by atoms with Gasteiger partial charge in [-0.15, -0.1) is 10.2 Å². The summed E-state index contributed by atoms with van der Waals surface area (Å²) in [7, 11) is 1.45. The summed E-state index contributed by atoms with van der Waals surface area (Å²) in [5, 5.41) is 16.9. The van der Waals surface area contributed by atoms with Crippen LogP contribution in [-0.4, -0.2) is 33.4 Å². The number of ether oxygens (including phenoxy) is 1. The fraction of sp³-hybridized carbons (Fsp3) is 0.222. The number of halogens is 1. The predicted octanol–water partition coefficient (Wildman–Crippen LogP) is 3.19. The highest BCUT2D eigenvalue weighted by Gasteiger charge is 2.25. The van der Waals surface area contributed by atoms with Gasteiger partial charge in [-0.05, 0) is 23.8 Å². The largest absolute Gasteiger partial charge is 0.496 e. The lowest BCUT2D eigenvalue weighted by Gasteiger charge is -2.14. The van der Waals surface area contributed by atoms with E-state index >= 15 is 0 Å². The first-order valence-corrected chi connectivity index (χ1v) is 7.79. The van der Waals surface area contributed by atoms with Crippen molar-refractivity contribution in [3.05, 3.63) is 59.8 Å². The van der Waals surface area contributed by atoms with Crippen LogP contribution in [0.15, 0.2) is 41.1 Å². The van der Waals surface area contributed by atoms with Gasteiger partial charge in [0.1, 0.15) is 11.6 Å². The lowest BCUT2D eigenvalue weighted by atomic mass is 9.94. The molecule has 0 aliphatic rings. The minimum absolute atomic E-state index is 0.171. The molecule has 8 heteroatoms. The molecule has 1 atom stereocenters. The Morgan fingerprint density at radius 3 is 2.81 bits per heavy atom. The van der Waals surface area contributed by atoms with Gasteiger partial charge in [0.05, 0.1) is 25.0 Å². The highest BCUT2D eigenvalue weighted by atomic mass is 19.1. The summed E-state index contributed by atoms with van der Waals surface area (Å²) >= 11 is 0. The molecule has 1 unspecified atom stereocenters. The normalized spacial score (nSPS) is 12.0. The molecule has 7 nitrogen and oxygen atoms in total. The van der Waals surface area contributed by atoms with Gasteiger partial charge in [-0.3, -0.25) is 9.78 Å². The van der Waals surface area contributed by atoms with Crippen molar-refractivity contribution < 1.29 is 23.4 Å². The fourth-order valence-electron chi connectivity index (χ4n) is 2.71.